The molecule has 0 radical (unpaired) electrons. The van der Waals surface area contributed by atoms with Crippen molar-refractivity contribution < 1.29 is 14.3 Å². The first kappa shape index (κ1) is 25.1. The summed E-state index contributed by atoms with van der Waals surface area (Å²) in [7, 11) is 0. The third kappa shape index (κ3) is 5.30. The molecule has 2 heterocycles. The van der Waals surface area contributed by atoms with E-state index < -0.39 is 23.1 Å². The zero-order valence-corrected chi connectivity index (χ0v) is 20.8. The Bertz CT molecular complexity index is 1410. The van der Waals surface area contributed by atoms with E-state index in [1.807, 2.05) is 44.2 Å². The number of hydrogen-bond donors (Lipinski definition) is 0. The van der Waals surface area contributed by atoms with Crippen molar-refractivity contribution in [2.45, 2.75) is 40.2 Å². The largest absolute Gasteiger partial charge is 0.466 e. The third-order valence-electron chi connectivity index (χ3n) is 6.26. The highest BCUT2D eigenvalue weighted by Crippen LogP contribution is 2.19. The highest BCUT2D eigenvalue weighted by atomic mass is 16.5. The fourth-order valence-electron chi connectivity index (χ4n) is 4.47. The molecule has 0 N–H and O–H groups in total. The summed E-state index contributed by atoms with van der Waals surface area (Å²) < 4.78 is 7.28. The van der Waals surface area contributed by atoms with Gasteiger partial charge in [0.05, 0.1) is 24.8 Å². The van der Waals surface area contributed by atoms with Crippen LogP contribution in [-0.2, 0) is 16.1 Å². The minimum absolute atomic E-state index is 0.000582. The molecule has 2 aromatic carbocycles. The molecule has 0 bridgehead atoms. The smallest absolute Gasteiger partial charge is 0.352 e. The molecule has 9 heteroatoms. The van der Waals surface area contributed by atoms with Crippen molar-refractivity contribution in [3.05, 3.63) is 91.8 Å². The SMILES string of the molecule is CCOC(=O)C1CCCN(C(=O)c2nn(-c3cccc(C)c3)c(=O)n(Cc3cccc(C)c3)c2=O)C1. The lowest BCUT2D eigenvalue weighted by Gasteiger charge is -2.31. The molecular formula is C27H30N4O5. The van der Waals surface area contributed by atoms with Gasteiger partial charge in [-0.05, 0) is 56.9 Å². The van der Waals surface area contributed by atoms with Crippen LogP contribution in [0.4, 0.5) is 0 Å². The summed E-state index contributed by atoms with van der Waals surface area (Å²) >= 11 is 0. The maximum absolute atomic E-state index is 13.5. The molecule has 0 aliphatic carbocycles. The van der Waals surface area contributed by atoms with Crippen molar-refractivity contribution in [3.8, 4) is 5.69 Å². The zero-order chi connectivity index (χ0) is 25.8. The number of ether oxygens (including phenoxy) is 1. The van der Waals surface area contributed by atoms with Gasteiger partial charge in [0, 0.05) is 13.1 Å². The summed E-state index contributed by atoms with van der Waals surface area (Å²) in [6.45, 7) is 6.33. The van der Waals surface area contributed by atoms with E-state index in [4.69, 9.17) is 4.74 Å². The van der Waals surface area contributed by atoms with E-state index in [9.17, 15) is 19.2 Å². The fraction of sp³-hybridized carbons (Fsp3) is 0.370. The Morgan fingerprint density at radius 3 is 2.47 bits per heavy atom. The number of hydrogen-bond acceptors (Lipinski definition) is 6. The average molecular weight is 491 g/mol. The Kier molecular flexibility index (Phi) is 7.47. The molecule has 1 aliphatic heterocycles. The summed E-state index contributed by atoms with van der Waals surface area (Å²) in [4.78, 5) is 54.2. The van der Waals surface area contributed by atoms with Gasteiger partial charge >= 0.3 is 11.7 Å². The van der Waals surface area contributed by atoms with Gasteiger partial charge in [-0.3, -0.25) is 19.0 Å². The van der Waals surface area contributed by atoms with Crippen LogP contribution in [0.25, 0.3) is 5.69 Å². The maximum atomic E-state index is 13.5. The number of esters is 1. The van der Waals surface area contributed by atoms with Crippen LogP contribution in [0, 0.1) is 19.8 Å². The predicted molar refractivity (Wildman–Crippen MR) is 134 cm³/mol. The molecule has 9 nitrogen and oxygen atoms in total. The Balaban J connectivity index is 1.79. The number of piperidine rings is 1. The molecule has 0 spiro atoms. The van der Waals surface area contributed by atoms with E-state index in [2.05, 4.69) is 5.10 Å². The van der Waals surface area contributed by atoms with E-state index >= 15 is 0 Å². The predicted octanol–water partition coefficient (Wildman–Crippen LogP) is 2.47. The number of amides is 1. The van der Waals surface area contributed by atoms with Crippen molar-refractivity contribution in [1.82, 2.24) is 19.2 Å². The lowest BCUT2D eigenvalue weighted by Crippen LogP contribution is -2.49. The molecule has 3 aromatic rings. The van der Waals surface area contributed by atoms with Crippen molar-refractivity contribution >= 4 is 11.9 Å². The average Bonchev–Trinajstić information content (AvgIpc) is 2.86. The molecule has 1 amide bonds. The second kappa shape index (κ2) is 10.7. The third-order valence-corrected chi connectivity index (χ3v) is 6.26. The number of aryl methyl sites for hydroxylation is 2. The Hall–Kier alpha value is -4.01. The molecule has 1 atom stereocenters. The Labute approximate surface area is 208 Å². The highest BCUT2D eigenvalue weighted by molar-refractivity contribution is 5.92. The number of rotatable bonds is 6. The monoisotopic (exact) mass is 490 g/mol. The summed E-state index contributed by atoms with van der Waals surface area (Å²) in [5.74, 6) is -1.42. The van der Waals surface area contributed by atoms with Crippen LogP contribution in [0.15, 0.2) is 58.1 Å². The van der Waals surface area contributed by atoms with Gasteiger partial charge < -0.3 is 9.64 Å². The molecule has 1 aromatic heterocycles. The van der Waals surface area contributed by atoms with Crippen molar-refractivity contribution in [2.24, 2.45) is 5.92 Å². The maximum Gasteiger partial charge on any atom is 0.352 e. The summed E-state index contributed by atoms with van der Waals surface area (Å²) in [5, 5.41) is 4.25. The minimum atomic E-state index is -0.756. The van der Waals surface area contributed by atoms with Gasteiger partial charge in [0.25, 0.3) is 11.5 Å². The number of likely N-dealkylation sites (tertiary alicyclic amines) is 1. The molecule has 0 saturated carbocycles. The second-order valence-electron chi connectivity index (χ2n) is 9.10. The first-order chi connectivity index (χ1) is 17.3. The molecule has 188 valence electrons. The van der Waals surface area contributed by atoms with Crippen LogP contribution in [0.2, 0.25) is 0 Å². The zero-order valence-electron chi connectivity index (χ0n) is 20.8. The van der Waals surface area contributed by atoms with Gasteiger partial charge in [-0.2, -0.15) is 9.78 Å². The number of aromatic nitrogens is 3. The van der Waals surface area contributed by atoms with Gasteiger partial charge in [-0.15, -0.1) is 0 Å². The fourth-order valence-corrected chi connectivity index (χ4v) is 4.47. The molecule has 1 fully saturated rings. The van der Waals surface area contributed by atoms with E-state index in [1.54, 1.807) is 25.1 Å². The van der Waals surface area contributed by atoms with Gasteiger partial charge in [-0.1, -0.05) is 42.0 Å². The molecular weight excluding hydrogens is 460 g/mol. The topological polar surface area (TPSA) is 104 Å². The second-order valence-corrected chi connectivity index (χ2v) is 9.10. The van der Waals surface area contributed by atoms with Gasteiger partial charge in [0.1, 0.15) is 0 Å². The number of carbonyl (C=O) groups excluding carboxylic acids is 2. The molecule has 1 saturated heterocycles. The quantitative estimate of drug-likeness (QED) is 0.492. The van der Waals surface area contributed by atoms with Crippen LogP contribution in [0.5, 0.6) is 0 Å². The van der Waals surface area contributed by atoms with Crippen LogP contribution in [0.1, 0.15) is 46.9 Å². The van der Waals surface area contributed by atoms with E-state index in [-0.39, 0.29) is 31.4 Å². The van der Waals surface area contributed by atoms with E-state index in [1.165, 1.54) is 4.90 Å². The summed E-state index contributed by atoms with van der Waals surface area (Å²) in [5.41, 5.74) is 1.36. The minimum Gasteiger partial charge on any atom is -0.466 e. The van der Waals surface area contributed by atoms with Crippen LogP contribution in [-0.4, -0.2) is 50.8 Å². The van der Waals surface area contributed by atoms with E-state index in [0.717, 1.165) is 25.9 Å². The highest BCUT2D eigenvalue weighted by Gasteiger charge is 2.32. The molecule has 1 aliphatic rings. The van der Waals surface area contributed by atoms with E-state index in [0.29, 0.717) is 25.1 Å². The first-order valence-electron chi connectivity index (χ1n) is 12.1. The lowest BCUT2D eigenvalue weighted by molar-refractivity contribution is -0.149. The summed E-state index contributed by atoms with van der Waals surface area (Å²) in [6, 6.07) is 14.6. The van der Waals surface area contributed by atoms with Crippen molar-refractivity contribution in [2.75, 3.05) is 19.7 Å². The number of benzene rings is 2. The van der Waals surface area contributed by atoms with Crippen molar-refractivity contribution in [3.63, 3.8) is 0 Å². The lowest BCUT2D eigenvalue weighted by atomic mass is 9.98. The molecule has 4 rings (SSSR count). The normalized spacial score (nSPS) is 15.5. The number of carbonyl (C=O) groups is 2. The Morgan fingerprint density at radius 1 is 1.06 bits per heavy atom. The first-order valence-corrected chi connectivity index (χ1v) is 12.1. The summed E-state index contributed by atoms with van der Waals surface area (Å²) in [6.07, 6.45) is 1.21. The van der Waals surface area contributed by atoms with Crippen LogP contribution in [0.3, 0.4) is 0 Å². The van der Waals surface area contributed by atoms with Crippen molar-refractivity contribution in [1.29, 1.82) is 0 Å². The van der Waals surface area contributed by atoms with Crippen LogP contribution < -0.4 is 11.2 Å². The Morgan fingerprint density at radius 2 is 1.78 bits per heavy atom. The molecule has 36 heavy (non-hydrogen) atoms. The van der Waals surface area contributed by atoms with Gasteiger partial charge in [0.15, 0.2) is 0 Å². The van der Waals surface area contributed by atoms with Gasteiger partial charge in [0.2, 0.25) is 5.69 Å². The van der Waals surface area contributed by atoms with Gasteiger partial charge in [-0.25, -0.2) is 4.79 Å². The molecule has 1 unspecified atom stereocenters. The van der Waals surface area contributed by atoms with Crippen LogP contribution >= 0.6 is 0 Å². The number of nitrogens with zero attached hydrogens (tertiary/aromatic N) is 4. The standard InChI is InChI=1S/C27H30N4O5/c1-4-36-26(34)21-11-7-13-29(17-21)24(32)23-25(33)30(16-20-10-5-8-18(2)14-20)27(35)31(28-23)22-12-6-9-19(3)15-22/h5-6,8-10,12,14-15,21H,4,7,11,13,16-17H2,1-3H3.